The van der Waals surface area contributed by atoms with E-state index in [1.54, 1.807) is 11.2 Å². The number of nitrogens with zero attached hydrogens (tertiary/aromatic N) is 4. The number of anilines is 2. The van der Waals surface area contributed by atoms with Crippen LogP contribution in [0.5, 0.6) is 0 Å². The van der Waals surface area contributed by atoms with E-state index >= 15 is 0 Å². The summed E-state index contributed by atoms with van der Waals surface area (Å²) in [7, 11) is 0. The lowest BCUT2D eigenvalue weighted by molar-refractivity contribution is -0.141. The van der Waals surface area contributed by atoms with Gasteiger partial charge < -0.3 is 15.5 Å². The molecule has 5 rings (SSSR count). The highest BCUT2D eigenvalue weighted by Crippen LogP contribution is 2.44. The Morgan fingerprint density at radius 2 is 1.97 bits per heavy atom. The monoisotopic (exact) mass is 503 g/mol. The average molecular weight is 504 g/mol. The fraction of sp³-hybridized carbons (Fsp3) is 0.391. The van der Waals surface area contributed by atoms with Crippen LogP contribution in [0.1, 0.15) is 48.7 Å². The maximum absolute atomic E-state index is 13.3. The van der Waals surface area contributed by atoms with Crippen LogP contribution in [0, 0.1) is 0 Å². The van der Waals surface area contributed by atoms with Gasteiger partial charge in [0.1, 0.15) is 5.82 Å². The Hall–Kier alpha value is -3.28. The predicted octanol–water partition coefficient (Wildman–Crippen LogP) is 5.00. The molecule has 2 aliphatic rings. The first kappa shape index (κ1) is 23.5. The van der Waals surface area contributed by atoms with Crippen LogP contribution in [0.3, 0.4) is 0 Å². The molecule has 0 saturated heterocycles. The van der Waals surface area contributed by atoms with Gasteiger partial charge in [-0.2, -0.15) is 18.3 Å². The maximum atomic E-state index is 13.3. The molecule has 2 amide bonds. The lowest BCUT2D eigenvalue weighted by Gasteiger charge is -2.32. The zero-order chi connectivity index (χ0) is 25.0. The van der Waals surface area contributed by atoms with Gasteiger partial charge in [0.25, 0.3) is 0 Å². The molecule has 12 heteroatoms. The third-order valence-corrected chi connectivity index (χ3v) is 7.01. The van der Waals surface area contributed by atoms with Crippen molar-refractivity contribution in [3.63, 3.8) is 0 Å². The highest BCUT2D eigenvalue weighted by Gasteiger charge is 2.47. The van der Waals surface area contributed by atoms with Crippen molar-refractivity contribution in [3.05, 3.63) is 58.9 Å². The second-order valence-corrected chi connectivity index (χ2v) is 9.90. The van der Waals surface area contributed by atoms with Gasteiger partial charge >= 0.3 is 12.2 Å². The summed E-state index contributed by atoms with van der Waals surface area (Å²) in [5, 5.41) is 13.2. The van der Waals surface area contributed by atoms with Crippen molar-refractivity contribution in [2.45, 2.75) is 55.6 Å². The SMILES string of the molecule is CSc1nc(Nc2n[nH]c3c2CN(C(=O)NC2C[C@@H]2c2ccccc2)C3(C)C)cc(C(F)(F)F)n1. The van der Waals surface area contributed by atoms with E-state index in [1.807, 2.05) is 32.0 Å². The van der Waals surface area contributed by atoms with Crippen molar-refractivity contribution >= 4 is 29.4 Å². The van der Waals surface area contributed by atoms with Gasteiger partial charge in [0.15, 0.2) is 16.7 Å². The number of thioether (sulfide) groups is 1. The molecule has 1 fully saturated rings. The Kier molecular flexibility index (Phi) is 5.65. The zero-order valence-corrected chi connectivity index (χ0v) is 20.1. The molecule has 0 radical (unpaired) electrons. The van der Waals surface area contributed by atoms with E-state index in [-0.39, 0.29) is 29.6 Å². The summed E-state index contributed by atoms with van der Waals surface area (Å²) < 4.78 is 39.8. The van der Waals surface area contributed by atoms with Crippen molar-refractivity contribution in [2.24, 2.45) is 0 Å². The second kappa shape index (κ2) is 8.43. The van der Waals surface area contributed by atoms with Crippen molar-refractivity contribution in [2.75, 3.05) is 11.6 Å². The second-order valence-electron chi connectivity index (χ2n) is 9.13. The van der Waals surface area contributed by atoms with E-state index < -0.39 is 17.4 Å². The van der Waals surface area contributed by atoms with Gasteiger partial charge in [0.2, 0.25) is 0 Å². The number of carbonyl (C=O) groups excluding carboxylic acids is 1. The minimum atomic E-state index is -4.60. The highest BCUT2D eigenvalue weighted by atomic mass is 32.2. The van der Waals surface area contributed by atoms with Gasteiger partial charge in [-0.15, -0.1) is 0 Å². The number of halogens is 3. The van der Waals surface area contributed by atoms with Gasteiger partial charge in [-0.3, -0.25) is 5.10 Å². The van der Waals surface area contributed by atoms with Crippen LogP contribution in [-0.2, 0) is 18.3 Å². The lowest BCUT2D eigenvalue weighted by atomic mass is 10.0. The summed E-state index contributed by atoms with van der Waals surface area (Å²) in [5.74, 6) is 0.611. The molecule has 184 valence electrons. The maximum Gasteiger partial charge on any atom is 0.433 e. The molecule has 3 N–H and O–H groups in total. The van der Waals surface area contributed by atoms with Crippen LogP contribution in [0.4, 0.5) is 29.6 Å². The fourth-order valence-corrected chi connectivity index (χ4v) is 4.83. The molecule has 1 aliphatic carbocycles. The molecule has 1 unspecified atom stereocenters. The summed E-state index contributed by atoms with van der Waals surface area (Å²) in [6, 6.07) is 10.8. The van der Waals surface area contributed by atoms with E-state index in [4.69, 9.17) is 0 Å². The minimum absolute atomic E-state index is 0.00626. The number of alkyl halides is 3. The molecule has 2 atom stereocenters. The first-order chi connectivity index (χ1) is 16.6. The molecule has 0 spiro atoms. The molecular weight excluding hydrogens is 479 g/mol. The number of amides is 2. The van der Waals surface area contributed by atoms with Crippen LogP contribution < -0.4 is 10.6 Å². The van der Waals surface area contributed by atoms with E-state index in [9.17, 15) is 18.0 Å². The standard InChI is InChI=1S/C23H24F3N7OS/c1-22(2)18-14(11-33(22)21(34)27-15-9-13(15)12-7-5-4-6-8-12)19(32-31-18)29-17-10-16(23(24,25)26)28-20(30-17)35-3/h4-8,10,13,15H,9,11H2,1-3H3,(H,27,34)(H2,28,29,30,31,32)/t13-,15?/m1/s1. The summed E-state index contributed by atoms with van der Waals surface area (Å²) in [5.41, 5.74) is 0.910. The molecule has 1 aromatic carbocycles. The number of fused-ring (bicyclic) bond motifs is 1. The van der Waals surface area contributed by atoms with E-state index in [2.05, 4.69) is 42.9 Å². The third-order valence-electron chi connectivity index (χ3n) is 6.47. The minimum Gasteiger partial charge on any atom is -0.335 e. The van der Waals surface area contributed by atoms with Crippen LogP contribution in [-0.4, -0.2) is 43.4 Å². The van der Waals surface area contributed by atoms with Gasteiger partial charge in [0, 0.05) is 23.6 Å². The number of rotatable bonds is 5. The Balaban J connectivity index is 1.33. The highest BCUT2D eigenvalue weighted by molar-refractivity contribution is 7.98. The van der Waals surface area contributed by atoms with Crippen LogP contribution >= 0.6 is 11.8 Å². The van der Waals surface area contributed by atoms with E-state index in [1.165, 1.54) is 5.56 Å². The first-order valence-electron chi connectivity index (χ1n) is 11.1. The number of nitrogens with one attached hydrogen (secondary N) is 3. The number of carbonyl (C=O) groups is 1. The normalized spacial score (nSPS) is 20.5. The molecule has 3 heterocycles. The number of aromatic amines is 1. The van der Waals surface area contributed by atoms with Gasteiger partial charge in [-0.05, 0) is 32.1 Å². The summed E-state index contributed by atoms with van der Waals surface area (Å²) in [6.07, 6.45) is -2.11. The van der Waals surface area contributed by atoms with Gasteiger partial charge in [-0.1, -0.05) is 42.1 Å². The molecule has 1 saturated carbocycles. The van der Waals surface area contributed by atoms with E-state index in [0.29, 0.717) is 17.3 Å². The quantitative estimate of drug-likeness (QED) is 0.335. The first-order valence-corrected chi connectivity index (χ1v) is 12.3. The van der Waals surface area contributed by atoms with E-state index in [0.717, 1.165) is 29.9 Å². The fourth-order valence-electron chi connectivity index (χ4n) is 4.45. The molecule has 0 bridgehead atoms. The Labute approximate surface area is 204 Å². The summed E-state index contributed by atoms with van der Waals surface area (Å²) in [6.45, 7) is 4.06. The largest absolute Gasteiger partial charge is 0.433 e. The van der Waals surface area contributed by atoms with Crippen molar-refractivity contribution in [1.29, 1.82) is 0 Å². The Morgan fingerprint density at radius 3 is 2.66 bits per heavy atom. The zero-order valence-electron chi connectivity index (χ0n) is 19.3. The van der Waals surface area contributed by atoms with Crippen LogP contribution in [0.2, 0.25) is 0 Å². The molecular formula is C23H24F3N7OS. The summed E-state index contributed by atoms with van der Waals surface area (Å²) >= 11 is 1.01. The van der Waals surface area contributed by atoms with Crippen molar-refractivity contribution < 1.29 is 18.0 Å². The number of hydrogen-bond donors (Lipinski definition) is 3. The van der Waals surface area contributed by atoms with Crippen molar-refractivity contribution in [3.8, 4) is 0 Å². The Morgan fingerprint density at radius 1 is 1.23 bits per heavy atom. The predicted molar refractivity (Wildman–Crippen MR) is 125 cm³/mol. The van der Waals surface area contributed by atoms with Crippen molar-refractivity contribution in [1.82, 2.24) is 30.4 Å². The Bertz CT molecular complexity index is 1260. The average Bonchev–Trinajstić information content (AvgIpc) is 3.37. The molecule has 3 aromatic rings. The molecule has 8 nitrogen and oxygen atoms in total. The number of benzene rings is 1. The number of hydrogen-bond acceptors (Lipinski definition) is 6. The smallest absolute Gasteiger partial charge is 0.335 e. The molecule has 35 heavy (non-hydrogen) atoms. The summed E-state index contributed by atoms with van der Waals surface area (Å²) in [4.78, 5) is 22.6. The third kappa shape index (κ3) is 4.42. The van der Waals surface area contributed by atoms with Crippen LogP contribution in [0.15, 0.2) is 41.6 Å². The topological polar surface area (TPSA) is 98.8 Å². The molecule has 2 aromatic heterocycles. The lowest BCUT2D eigenvalue weighted by Crippen LogP contribution is -2.47. The number of urea groups is 1. The van der Waals surface area contributed by atoms with Crippen LogP contribution in [0.25, 0.3) is 0 Å². The number of aromatic nitrogens is 4. The van der Waals surface area contributed by atoms with Gasteiger partial charge in [-0.25, -0.2) is 14.8 Å². The van der Waals surface area contributed by atoms with Gasteiger partial charge in [0.05, 0.1) is 17.8 Å². The molecule has 1 aliphatic heterocycles. The number of H-pyrrole nitrogens is 1.